The van der Waals surface area contributed by atoms with Crippen LogP contribution in [-0.4, -0.2) is 18.1 Å². The van der Waals surface area contributed by atoms with Crippen LogP contribution in [0.5, 0.6) is 5.75 Å². The molecule has 0 fully saturated rings. The molecule has 0 unspecified atom stereocenters. The lowest BCUT2D eigenvalue weighted by atomic mass is 9.79. The number of hydrogen-bond acceptors (Lipinski definition) is 5. The fraction of sp³-hybridized carbons (Fsp3) is 0.314. The molecule has 1 N–H and O–H groups in total. The second-order valence-electron chi connectivity index (χ2n) is 12.3. The SMILES string of the molecule is CC(C)(C)c1cc([S+](Cc2ccccc2)Cc2ccccc2)cc(C(C)(C)C)c1O.O=S(=O)([O-])OCc1ccccc1. The molecule has 4 aromatic rings. The van der Waals surface area contributed by atoms with Crippen molar-refractivity contribution in [1.29, 1.82) is 0 Å². The largest absolute Gasteiger partial charge is 0.726 e. The Labute approximate surface area is 254 Å². The molecule has 4 rings (SSSR count). The Balaban J connectivity index is 0.000000337. The normalized spacial score (nSPS) is 12.1. The summed E-state index contributed by atoms with van der Waals surface area (Å²) in [5.41, 5.74) is 5.23. The van der Waals surface area contributed by atoms with Crippen molar-refractivity contribution in [3.63, 3.8) is 0 Å². The molecule has 0 aliphatic carbocycles. The van der Waals surface area contributed by atoms with Gasteiger partial charge in [-0.1, -0.05) is 133 Å². The Kier molecular flexibility index (Phi) is 11.4. The van der Waals surface area contributed by atoms with Gasteiger partial charge in [0.25, 0.3) is 0 Å². The molecule has 0 saturated heterocycles. The van der Waals surface area contributed by atoms with Crippen LogP contribution in [0.3, 0.4) is 0 Å². The minimum atomic E-state index is -4.57. The number of hydrogen-bond donors (Lipinski definition) is 1. The lowest BCUT2D eigenvalue weighted by molar-refractivity contribution is 0.253. The maximum absolute atomic E-state index is 11.1. The van der Waals surface area contributed by atoms with Crippen molar-refractivity contribution < 1.29 is 22.3 Å². The zero-order chi connectivity index (χ0) is 31.0. The lowest BCUT2D eigenvalue weighted by Crippen LogP contribution is -2.20. The molecular weight excluding hydrogens is 565 g/mol. The molecule has 0 amide bonds. The van der Waals surface area contributed by atoms with Crippen molar-refractivity contribution in [3.05, 3.63) is 131 Å². The van der Waals surface area contributed by atoms with Gasteiger partial charge < -0.3 is 9.66 Å². The highest BCUT2D eigenvalue weighted by Gasteiger charge is 2.32. The van der Waals surface area contributed by atoms with Crippen molar-refractivity contribution in [2.75, 3.05) is 0 Å². The van der Waals surface area contributed by atoms with E-state index in [1.807, 2.05) is 0 Å². The van der Waals surface area contributed by atoms with Crippen LogP contribution in [0, 0.1) is 0 Å². The van der Waals surface area contributed by atoms with E-state index in [1.54, 1.807) is 30.3 Å². The highest BCUT2D eigenvalue weighted by Crippen LogP contribution is 2.41. The Hall–Kier alpha value is -3.10. The third-order valence-corrected chi connectivity index (χ3v) is 9.29. The predicted molar refractivity (Wildman–Crippen MR) is 172 cm³/mol. The van der Waals surface area contributed by atoms with E-state index in [1.165, 1.54) is 16.0 Å². The summed E-state index contributed by atoms with van der Waals surface area (Å²) in [6.07, 6.45) is 0. The van der Waals surface area contributed by atoms with Crippen LogP contribution in [0.1, 0.15) is 69.4 Å². The van der Waals surface area contributed by atoms with E-state index in [-0.39, 0.29) is 28.3 Å². The van der Waals surface area contributed by atoms with Crippen molar-refractivity contribution in [3.8, 4) is 5.75 Å². The van der Waals surface area contributed by atoms with E-state index in [4.69, 9.17) is 0 Å². The summed E-state index contributed by atoms with van der Waals surface area (Å²) in [5.74, 6) is 2.48. The van der Waals surface area contributed by atoms with E-state index >= 15 is 0 Å². The summed E-state index contributed by atoms with van der Waals surface area (Å²) in [6.45, 7) is 12.9. The number of phenols is 1. The fourth-order valence-corrected chi connectivity index (χ4v) is 6.88. The molecule has 4 aromatic carbocycles. The second kappa shape index (κ2) is 14.4. The minimum absolute atomic E-state index is 0.000617. The number of benzene rings is 4. The van der Waals surface area contributed by atoms with E-state index in [2.05, 4.69) is 119 Å². The summed E-state index contributed by atoms with van der Waals surface area (Å²) < 4.78 is 34.1. The average molecular weight is 607 g/mol. The molecule has 0 radical (unpaired) electrons. The molecule has 0 aliphatic rings. The van der Waals surface area contributed by atoms with Gasteiger partial charge in [0.1, 0.15) is 17.3 Å². The Morgan fingerprint density at radius 1 is 0.667 bits per heavy atom. The summed E-state index contributed by atoms with van der Waals surface area (Å²) in [7, 11) is -4.57. The molecule has 224 valence electrons. The molecule has 0 atom stereocenters. The Bertz CT molecular complexity index is 1430. The van der Waals surface area contributed by atoms with Crippen molar-refractivity contribution in [1.82, 2.24) is 0 Å². The molecule has 7 heteroatoms. The van der Waals surface area contributed by atoms with Crippen LogP contribution in [0.2, 0.25) is 0 Å². The van der Waals surface area contributed by atoms with Gasteiger partial charge in [-0.25, -0.2) is 8.42 Å². The minimum Gasteiger partial charge on any atom is -0.726 e. The molecule has 0 heterocycles. The maximum atomic E-state index is 11.1. The first-order valence-corrected chi connectivity index (χ1v) is 16.8. The zero-order valence-corrected chi connectivity index (χ0v) is 27.0. The molecule has 0 bridgehead atoms. The molecule has 0 saturated carbocycles. The fourth-order valence-electron chi connectivity index (χ4n) is 4.40. The van der Waals surface area contributed by atoms with Crippen LogP contribution in [0.4, 0.5) is 0 Å². The van der Waals surface area contributed by atoms with Gasteiger partial charge in [0.15, 0.2) is 4.90 Å². The highest BCUT2D eigenvalue weighted by molar-refractivity contribution is 7.95. The Morgan fingerprint density at radius 2 is 1.02 bits per heavy atom. The van der Waals surface area contributed by atoms with E-state index in [0.29, 0.717) is 11.3 Å². The van der Waals surface area contributed by atoms with Crippen LogP contribution in [-0.2, 0) is 54.4 Å². The van der Waals surface area contributed by atoms with Crippen molar-refractivity contribution in [2.24, 2.45) is 0 Å². The third-order valence-electron chi connectivity index (χ3n) is 6.61. The lowest BCUT2D eigenvalue weighted by Gasteiger charge is -2.28. The summed E-state index contributed by atoms with van der Waals surface area (Å²) in [5, 5.41) is 11.1. The topological polar surface area (TPSA) is 86.7 Å². The molecular formula is C35H42O5S2. The van der Waals surface area contributed by atoms with Gasteiger partial charge in [-0.05, 0) is 16.4 Å². The van der Waals surface area contributed by atoms with Crippen LogP contribution in [0.25, 0.3) is 0 Å². The highest BCUT2D eigenvalue weighted by atomic mass is 32.3. The van der Waals surface area contributed by atoms with Gasteiger partial charge >= 0.3 is 0 Å². The van der Waals surface area contributed by atoms with Gasteiger partial charge in [0.05, 0.1) is 6.61 Å². The van der Waals surface area contributed by atoms with Crippen LogP contribution < -0.4 is 0 Å². The van der Waals surface area contributed by atoms with Gasteiger partial charge in [0.2, 0.25) is 10.4 Å². The standard InChI is InChI=1S/C28H34OS.C7H8O4S/c1-27(2,3)24-17-23(18-25(26(24)29)28(4,5)6)30(19-21-13-9-7-10-14-21)20-22-15-11-8-12-16-22;8-12(9,10)11-6-7-4-2-1-3-5-7/h7-18H,19-20H2,1-6H3;1-5H,6H2,(H,8,9,10). The first-order chi connectivity index (χ1) is 19.6. The van der Waals surface area contributed by atoms with Crippen LogP contribution >= 0.6 is 0 Å². The van der Waals surface area contributed by atoms with Gasteiger partial charge in [-0.3, -0.25) is 4.18 Å². The average Bonchev–Trinajstić information content (AvgIpc) is 2.92. The summed E-state index contributed by atoms with van der Waals surface area (Å²) >= 11 is 0. The maximum Gasteiger partial charge on any atom is 0.217 e. The van der Waals surface area contributed by atoms with Crippen LogP contribution in [0.15, 0.2) is 108 Å². The summed E-state index contributed by atoms with van der Waals surface area (Å²) in [4.78, 5) is 1.34. The molecule has 0 aromatic heterocycles. The molecule has 0 spiro atoms. The molecule has 0 aliphatic heterocycles. The smallest absolute Gasteiger partial charge is 0.217 e. The van der Waals surface area contributed by atoms with Crippen molar-refractivity contribution >= 4 is 21.3 Å². The number of rotatable bonds is 8. The Morgan fingerprint density at radius 3 is 1.36 bits per heavy atom. The summed E-state index contributed by atoms with van der Waals surface area (Å²) in [6, 6.07) is 34.7. The van der Waals surface area contributed by atoms with Crippen molar-refractivity contribution in [2.45, 2.75) is 75.4 Å². The predicted octanol–water partition coefficient (Wildman–Crippen LogP) is 8.03. The first kappa shape index (κ1) is 33.4. The number of aromatic hydroxyl groups is 1. The van der Waals surface area contributed by atoms with E-state index in [9.17, 15) is 18.1 Å². The van der Waals surface area contributed by atoms with Gasteiger partial charge in [-0.2, -0.15) is 0 Å². The zero-order valence-electron chi connectivity index (χ0n) is 25.3. The van der Waals surface area contributed by atoms with Gasteiger partial charge in [0, 0.05) is 45.3 Å². The van der Waals surface area contributed by atoms with E-state index < -0.39 is 10.4 Å². The van der Waals surface area contributed by atoms with Gasteiger partial charge in [-0.15, -0.1) is 0 Å². The first-order valence-electron chi connectivity index (χ1n) is 13.9. The molecule has 5 nitrogen and oxygen atoms in total. The number of phenolic OH excluding ortho intramolecular Hbond substituents is 1. The third kappa shape index (κ3) is 10.6. The second-order valence-corrected chi connectivity index (χ2v) is 15.4. The van der Waals surface area contributed by atoms with E-state index in [0.717, 1.165) is 22.6 Å². The quantitative estimate of drug-likeness (QED) is 0.125. The monoisotopic (exact) mass is 606 g/mol. The molecule has 42 heavy (non-hydrogen) atoms.